The summed E-state index contributed by atoms with van der Waals surface area (Å²) < 4.78 is 10.9. The number of methoxy groups -OCH3 is 1. The van der Waals surface area contributed by atoms with Crippen molar-refractivity contribution in [2.24, 2.45) is 11.8 Å². The molecule has 2 aromatic carbocycles. The number of nitrogens with zero attached hydrogens (tertiary/aromatic N) is 3. The molecule has 2 aliphatic heterocycles. The van der Waals surface area contributed by atoms with Gasteiger partial charge in [-0.3, -0.25) is 19.9 Å². The maximum Gasteiger partial charge on any atom is 0.336 e. The van der Waals surface area contributed by atoms with Crippen LogP contribution in [0.3, 0.4) is 0 Å². The number of esters is 2. The van der Waals surface area contributed by atoms with E-state index in [4.69, 9.17) is 9.47 Å². The van der Waals surface area contributed by atoms with Gasteiger partial charge in [0.15, 0.2) is 0 Å². The van der Waals surface area contributed by atoms with Crippen molar-refractivity contribution >= 4 is 11.9 Å². The molecule has 0 saturated carbocycles. The van der Waals surface area contributed by atoms with E-state index in [1.165, 1.54) is 24.3 Å². The van der Waals surface area contributed by atoms with Crippen LogP contribution in [0.4, 0.5) is 0 Å². The molecule has 3 aliphatic rings. The number of benzene rings is 2. The van der Waals surface area contributed by atoms with Crippen LogP contribution < -0.4 is 5.32 Å². The average molecular weight is 627 g/mol. The van der Waals surface area contributed by atoms with Crippen LogP contribution in [0, 0.1) is 22.0 Å². The Morgan fingerprint density at radius 1 is 0.935 bits per heavy atom. The first-order valence-electron chi connectivity index (χ1n) is 15.7. The SMILES string of the molecule is COC(=O)C1=C(C)NC(C)=C(C(=O)OCCN2CCN(C(c3ccccc3)c3ccccc3)CC2)C1C1=CC([N+](=O)[O-])C(C)C=C1. The summed E-state index contributed by atoms with van der Waals surface area (Å²) in [5, 5.41) is 14.9. The van der Waals surface area contributed by atoms with Gasteiger partial charge in [-0.05, 0) is 36.6 Å². The van der Waals surface area contributed by atoms with Crippen molar-refractivity contribution in [2.75, 3.05) is 46.4 Å². The van der Waals surface area contributed by atoms with E-state index in [0.717, 1.165) is 26.2 Å². The first kappa shape index (κ1) is 32.8. The lowest BCUT2D eigenvalue weighted by atomic mass is 9.77. The number of allylic oxidation sites excluding steroid dienone is 4. The zero-order valence-electron chi connectivity index (χ0n) is 26.8. The summed E-state index contributed by atoms with van der Waals surface area (Å²) in [5.41, 5.74) is 4.55. The number of ether oxygens (including phenoxy) is 2. The molecular formula is C36H42N4O6. The van der Waals surface area contributed by atoms with Crippen molar-refractivity contribution in [3.8, 4) is 0 Å². The predicted octanol–water partition coefficient (Wildman–Crippen LogP) is 4.65. The molecule has 1 N–H and O–H groups in total. The van der Waals surface area contributed by atoms with E-state index in [9.17, 15) is 19.7 Å². The van der Waals surface area contributed by atoms with E-state index < -0.39 is 23.9 Å². The second-order valence-electron chi connectivity index (χ2n) is 12.0. The zero-order chi connectivity index (χ0) is 32.8. The number of hydrogen-bond acceptors (Lipinski definition) is 9. The molecule has 1 fully saturated rings. The number of piperazine rings is 1. The van der Waals surface area contributed by atoms with Crippen LogP contribution in [0.1, 0.15) is 37.9 Å². The molecule has 46 heavy (non-hydrogen) atoms. The van der Waals surface area contributed by atoms with Crippen molar-refractivity contribution in [1.29, 1.82) is 0 Å². The van der Waals surface area contributed by atoms with E-state index in [2.05, 4.69) is 63.6 Å². The van der Waals surface area contributed by atoms with Gasteiger partial charge in [0.2, 0.25) is 6.04 Å². The number of carbonyl (C=O) groups excluding carboxylic acids is 2. The molecule has 1 aliphatic carbocycles. The molecular weight excluding hydrogens is 584 g/mol. The second kappa shape index (κ2) is 14.7. The minimum atomic E-state index is -0.978. The smallest absolute Gasteiger partial charge is 0.336 e. The maximum atomic E-state index is 13.7. The van der Waals surface area contributed by atoms with E-state index in [1.807, 2.05) is 12.1 Å². The quantitative estimate of drug-likeness (QED) is 0.229. The monoisotopic (exact) mass is 626 g/mol. The number of dihydropyridines is 1. The summed E-state index contributed by atoms with van der Waals surface area (Å²) in [6, 6.07) is 20.3. The number of carbonyl (C=O) groups is 2. The average Bonchev–Trinajstić information content (AvgIpc) is 3.06. The zero-order valence-corrected chi connectivity index (χ0v) is 26.8. The lowest BCUT2D eigenvalue weighted by molar-refractivity contribution is -0.515. The van der Waals surface area contributed by atoms with Crippen molar-refractivity contribution in [3.63, 3.8) is 0 Å². The minimum Gasteiger partial charge on any atom is -0.466 e. The summed E-state index contributed by atoms with van der Waals surface area (Å²) in [6.07, 6.45) is 5.04. The third-order valence-electron chi connectivity index (χ3n) is 9.10. The summed E-state index contributed by atoms with van der Waals surface area (Å²) in [5.74, 6) is -2.37. The van der Waals surface area contributed by atoms with Gasteiger partial charge in [-0.15, -0.1) is 0 Å². The molecule has 0 amide bonds. The molecule has 5 rings (SSSR count). The van der Waals surface area contributed by atoms with Gasteiger partial charge in [0, 0.05) is 55.0 Å². The molecule has 0 bridgehead atoms. The molecule has 0 spiro atoms. The number of hydrogen-bond donors (Lipinski definition) is 1. The van der Waals surface area contributed by atoms with Crippen LogP contribution >= 0.6 is 0 Å². The van der Waals surface area contributed by atoms with Gasteiger partial charge in [0.05, 0.1) is 30.2 Å². The van der Waals surface area contributed by atoms with Crippen molar-refractivity contribution in [3.05, 3.63) is 128 Å². The van der Waals surface area contributed by atoms with Crippen LogP contribution in [0.2, 0.25) is 0 Å². The largest absolute Gasteiger partial charge is 0.466 e. The lowest BCUT2D eigenvalue weighted by Gasteiger charge is -2.39. The van der Waals surface area contributed by atoms with Gasteiger partial charge >= 0.3 is 11.9 Å². The third-order valence-corrected chi connectivity index (χ3v) is 9.10. The highest BCUT2D eigenvalue weighted by atomic mass is 16.6. The molecule has 0 aromatic heterocycles. The van der Waals surface area contributed by atoms with E-state index >= 15 is 0 Å². The Kier molecular flexibility index (Phi) is 10.5. The van der Waals surface area contributed by atoms with Crippen molar-refractivity contribution < 1.29 is 24.0 Å². The molecule has 0 radical (unpaired) electrons. The fourth-order valence-corrected chi connectivity index (χ4v) is 6.68. The van der Waals surface area contributed by atoms with Crippen molar-refractivity contribution in [2.45, 2.75) is 32.9 Å². The molecule has 2 aromatic rings. The van der Waals surface area contributed by atoms with Gasteiger partial charge in [-0.25, -0.2) is 9.59 Å². The molecule has 3 unspecified atom stereocenters. The highest BCUT2D eigenvalue weighted by Gasteiger charge is 2.41. The van der Waals surface area contributed by atoms with Crippen LogP contribution in [0.15, 0.2) is 107 Å². The standard InChI is InChI=1S/C36H42N4O6/c1-24-15-16-29(23-30(24)40(43)44)33-31(35(41)45-4)25(2)37-26(3)32(33)36(42)46-22-21-38-17-19-39(20-18-38)34(27-11-7-5-8-12-27)28-13-9-6-10-14-28/h5-16,23-24,30,33-34,37H,17-22H2,1-4H3. The lowest BCUT2D eigenvalue weighted by Crippen LogP contribution is -2.48. The molecule has 1 saturated heterocycles. The Labute approximate surface area is 270 Å². The predicted molar refractivity (Wildman–Crippen MR) is 175 cm³/mol. The van der Waals surface area contributed by atoms with Crippen molar-refractivity contribution in [1.82, 2.24) is 15.1 Å². The minimum absolute atomic E-state index is 0.162. The Hall–Kier alpha value is -4.54. The normalized spacial score (nSPS) is 22.4. The van der Waals surface area contributed by atoms with Gasteiger partial charge in [0.1, 0.15) is 6.61 Å². The Morgan fingerprint density at radius 3 is 2.04 bits per heavy atom. The topological polar surface area (TPSA) is 114 Å². The van der Waals surface area contributed by atoms with Gasteiger partial charge in [-0.1, -0.05) is 79.7 Å². The fraction of sp³-hybridized carbons (Fsp3) is 0.389. The van der Waals surface area contributed by atoms with Crippen LogP contribution in [0.25, 0.3) is 0 Å². The molecule has 10 heteroatoms. The first-order chi connectivity index (χ1) is 22.2. The number of nitro groups is 1. The number of nitrogens with one attached hydrogen (secondary N) is 1. The summed E-state index contributed by atoms with van der Waals surface area (Å²) >= 11 is 0. The van der Waals surface area contributed by atoms with E-state index in [-0.39, 0.29) is 34.6 Å². The van der Waals surface area contributed by atoms with Gasteiger partial charge < -0.3 is 14.8 Å². The highest BCUT2D eigenvalue weighted by Crippen LogP contribution is 2.39. The van der Waals surface area contributed by atoms with Crippen LogP contribution in [-0.2, 0) is 19.1 Å². The van der Waals surface area contributed by atoms with E-state index in [0.29, 0.717) is 23.5 Å². The fourth-order valence-electron chi connectivity index (χ4n) is 6.68. The third kappa shape index (κ3) is 7.13. The molecule has 3 atom stereocenters. The first-order valence-corrected chi connectivity index (χ1v) is 15.7. The van der Waals surface area contributed by atoms with Gasteiger partial charge in [-0.2, -0.15) is 0 Å². The molecule has 2 heterocycles. The van der Waals surface area contributed by atoms with Gasteiger partial charge in [0.25, 0.3) is 0 Å². The maximum absolute atomic E-state index is 13.7. The van der Waals surface area contributed by atoms with Crippen LogP contribution in [0.5, 0.6) is 0 Å². The van der Waals surface area contributed by atoms with E-state index in [1.54, 1.807) is 32.9 Å². The number of rotatable bonds is 10. The highest BCUT2D eigenvalue weighted by molar-refractivity contribution is 5.99. The Bertz CT molecular complexity index is 1520. The van der Waals surface area contributed by atoms with Crippen LogP contribution in [-0.4, -0.2) is 79.1 Å². The second-order valence-corrected chi connectivity index (χ2v) is 12.0. The summed E-state index contributed by atoms with van der Waals surface area (Å²) in [6.45, 7) is 9.35. The Balaban J connectivity index is 1.26. The molecule has 10 nitrogen and oxygen atoms in total. The Morgan fingerprint density at radius 2 is 1.50 bits per heavy atom. The molecule has 242 valence electrons. The summed E-state index contributed by atoms with van der Waals surface area (Å²) in [4.78, 5) is 42.9. The summed E-state index contributed by atoms with van der Waals surface area (Å²) in [7, 11) is 1.28.